The molecule has 1 heterocycles. The van der Waals surface area contributed by atoms with Crippen LogP contribution in [-0.2, 0) is 5.75 Å². The molecule has 25 heavy (non-hydrogen) atoms. The van der Waals surface area contributed by atoms with Crippen LogP contribution in [-0.4, -0.2) is 14.9 Å². The van der Waals surface area contributed by atoms with Gasteiger partial charge in [0.25, 0.3) is 0 Å². The second-order valence-corrected chi connectivity index (χ2v) is 6.72. The van der Waals surface area contributed by atoms with Gasteiger partial charge in [-0.05, 0) is 42.7 Å². The Morgan fingerprint density at radius 3 is 2.44 bits per heavy atom. The van der Waals surface area contributed by atoms with Crippen molar-refractivity contribution < 1.29 is 0 Å². The number of benzene rings is 2. The summed E-state index contributed by atoms with van der Waals surface area (Å²) in [6.45, 7) is 3.99. The van der Waals surface area contributed by atoms with Crippen molar-refractivity contribution in [3.05, 3.63) is 75.6 Å². The Bertz CT molecular complexity index is 920. The highest BCUT2D eigenvalue weighted by atomic mass is 32.2. The van der Waals surface area contributed by atoms with E-state index in [0.717, 1.165) is 27.1 Å². The Balaban J connectivity index is 1.79. The van der Waals surface area contributed by atoms with Gasteiger partial charge in [0, 0.05) is 11.4 Å². The molecule has 0 aliphatic carbocycles. The normalized spacial score (nSPS) is 10.6. The van der Waals surface area contributed by atoms with Crippen molar-refractivity contribution in [1.82, 2.24) is 14.9 Å². The molecule has 0 aliphatic rings. The van der Waals surface area contributed by atoms with Gasteiger partial charge in [-0.1, -0.05) is 48.2 Å². The summed E-state index contributed by atoms with van der Waals surface area (Å²) >= 11 is 1.37. The maximum Gasteiger partial charge on any atom is 0.315 e. The van der Waals surface area contributed by atoms with Crippen LogP contribution in [0.25, 0.3) is 0 Å². The SMILES string of the molecule is Cc1cc(C)cc(Nc2nnc(SCc3ccccc3)n(N)c2=O)c1. The van der Waals surface area contributed by atoms with Gasteiger partial charge in [0.2, 0.25) is 11.0 Å². The maximum atomic E-state index is 12.4. The van der Waals surface area contributed by atoms with Gasteiger partial charge in [-0.25, -0.2) is 0 Å². The van der Waals surface area contributed by atoms with E-state index in [1.54, 1.807) is 0 Å². The number of rotatable bonds is 5. The molecule has 1 aromatic heterocycles. The van der Waals surface area contributed by atoms with Crippen LogP contribution >= 0.6 is 11.8 Å². The third-order valence-corrected chi connectivity index (χ3v) is 4.57. The predicted molar refractivity (Wildman–Crippen MR) is 102 cm³/mol. The molecule has 6 nitrogen and oxygen atoms in total. The molecule has 0 atom stereocenters. The minimum Gasteiger partial charge on any atom is -0.334 e. The van der Waals surface area contributed by atoms with Gasteiger partial charge in [-0.3, -0.25) is 4.79 Å². The van der Waals surface area contributed by atoms with E-state index in [1.807, 2.05) is 56.3 Å². The summed E-state index contributed by atoms with van der Waals surface area (Å²) in [5.41, 5.74) is 3.69. The third kappa shape index (κ3) is 4.19. The molecule has 3 N–H and O–H groups in total. The summed E-state index contributed by atoms with van der Waals surface area (Å²) in [5, 5.41) is 11.5. The topological polar surface area (TPSA) is 85.8 Å². The third-order valence-electron chi connectivity index (χ3n) is 3.56. The van der Waals surface area contributed by atoms with Crippen molar-refractivity contribution in [1.29, 1.82) is 0 Å². The summed E-state index contributed by atoms with van der Waals surface area (Å²) in [6.07, 6.45) is 0. The molecule has 0 bridgehead atoms. The fraction of sp³-hybridized carbons (Fsp3) is 0.167. The highest BCUT2D eigenvalue weighted by Gasteiger charge is 2.11. The van der Waals surface area contributed by atoms with Crippen LogP contribution in [0.4, 0.5) is 11.5 Å². The summed E-state index contributed by atoms with van der Waals surface area (Å²) in [7, 11) is 0. The smallest absolute Gasteiger partial charge is 0.315 e. The highest BCUT2D eigenvalue weighted by Crippen LogP contribution is 2.20. The Kier molecular flexibility index (Phi) is 5.04. The number of nitrogens with one attached hydrogen (secondary N) is 1. The monoisotopic (exact) mass is 353 g/mol. The first-order chi connectivity index (χ1) is 12.0. The van der Waals surface area contributed by atoms with Crippen LogP contribution in [0, 0.1) is 13.8 Å². The number of anilines is 2. The van der Waals surface area contributed by atoms with Crippen molar-refractivity contribution in [2.75, 3.05) is 11.2 Å². The molecule has 0 radical (unpaired) electrons. The largest absolute Gasteiger partial charge is 0.334 e. The molecule has 3 rings (SSSR count). The Labute approximate surface area is 150 Å². The quantitative estimate of drug-likeness (QED) is 0.542. The molecule has 3 aromatic rings. The number of thioether (sulfide) groups is 1. The van der Waals surface area contributed by atoms with Crippen LogP contribution in [0.2, 0.25) is 0 Å². The number of aryl methyl sites for hydroxylation is 2. The van der Waals surface area contributed by atoms with Gasteiger partial charge in [0.1, 0.15) is 0 Å². The molecular weight excluding hydrogens is 334 g/mol. The molecule has 128 valence electrons. The van der Waals surface area contributed by atoms with Crippen LogP contribution < -0.4 is 16.7 Å². The van der Waals surface area contributed by atoms with E-state index < -0.39 is 5.56 Å². The molecule has 0 aliphatic heterocycles. The van der Waals surface area contributed by atoms with Crippen LogP contribution in [0.3, 0.4) is 0 Å². The summed E-state index contributed by atoms with van der Waals surface area (Å²) in [6, 6.07) is 15.8. The summed E-state index contributed by atoms with van der Waals surface area (Å²) in [4.78, 5) is 12.4. The molecule has 0 fully saturated rings. The molecule has 0 amide bonds. The van der Waals surface area contributed by atoms with Crippen molar-refractivity contribution in [2.24, 2.45) is 0 Å². The summed E-state index contributed by atoms with van der Waals surface area (Å²) < 4.78 is 1.03. The van der Waals surface area contributed by atoms with Gasteiger partial charge in [0.05, 0.1) is 0 Å². The van der Waals surface area contributed by atoms with E-state index in [2.05, 4.69) is 21.6 Å². The second kappa shape index (κ2) is 7.40. The number of nitrogens with zero attached hydrogens (tertiary/aromatic N) is 3. The molecular formula is C18H19N5OS. The first-order valence-corrected chi connectivity index (χ1v) is 8.78. The van der Waals surface area contributed by atoms with Crippen molar-refractivity contribution >= 4 is 23.3 Å². The maximum absolute atomic E-state index is 12.4. The van der Waals surface area contributed by atoms with Gasteiger partial charge in [-0.15, -0.1) is 10.2 Å². The van der Waals surface area contributed by atoms with Crippen LogP contribution in [0.1, 0.15) is 16.7 Å². The zero-order valence-electron chi connectivity index (χ0n) is 14.1. The number of hydrogen-bond acceptors (Lipinski definition) is 6. The average Bonchev–Trinajstić information content (AvgIpc) is 2.58. The van der Waals surface area contributed by atoms with Gasteiger partial charge in [-0.2, -0.15) is 4.68 Å². The fourth-order valence-corrected chi connectivity index (χ4v) is 3.28. The Hall–Kier alpha value is -2.80. The standard InChI is InChI=1S/C18H19N5OS/c1-12-8-13(2)10-15(9-12)20-16-17(24)23(19)18(22-21-16)25-11-14-6-4-3-5-7-14/h3-10H,11,19H2,1-2H3,(H,20,21). The predicted octanol–water partition coefficient (Wildman–Crippen LogP) is 3.00. The zero-order valence-corrected chi connectivity index (χ0v) is 14.9. The number of hydrogen-bond donors (Lipinski definition) is 2. The number of nitrogen functional groups attached to an aromatic ring is 1. The molecule has 0 unspecified atom stereocenters. The summed E-state index contributed by atoms with van der Waals surface area (Å²) in [5.74, 6) is 6.67. The molecule has 0 saturated heterocycles. The van der Waals surface area contributed by atoms with E-state index in [4.69, 9.17) is 5.84 Å². The lowest BCUT2D eigenvalue weighted by atomic mass is 10.1. The van der Waals surface area contributed by atoms with Gasteiger partial charge in [0.15, 0.2) is 0 Å². The van der Waals surface area contributed by atoms with E-state index in [0.29, 0.717) is 10.9 Å². The molecule has 7 heteroatoms. The fourth-order valence-electron chi connectivity index (χ4n) is 2.47. The Morgan fingerprint density at radius 1 is 1.08 bits per heavy atom. The van der Waals surface area contributed by atoms with Crippen molar-refractivity contribution in [3.63, 3.8) is 0 Å². The van der Waals surface area contributed by atoms with E-state index >= 15 is 0 Å². The van der Waals surface area contributed by atoms with E-state index in [9.17, 15) is 4.79 Å². The van der Waals surface area contributed by atoms with Crippen molar-refractivity contribution in [2.45, 2.75) is 24.8 Å². The lowest BCUT2D eigenvalue weighted by molar-refractivity contribution is 0.705. The van der Waals surface area contributed by atoms with Gasteiger partial charge >= 0.3 is 5.56 Å². The van der Waals surface area contributed by atoms with Crippen LogP contribution in [0.15, 0.2) is 58.5 Å². The van der Waals surface area contributed by atoms with Gasteiger partial charge < -0.3 is 11.2 Å². The van der Waals surface area contributed by atoms with Crippen LogP contribution in [0.5, 0.6) is 0 Å². The minimum atomic E-state index is -0.412. The van der Waals surface area contributed by atoms with Crippen molar-refractivity contribution in [3.8, 4) is 0 Å². The first kappa shape index (κ1) is 17.0. The van der Waals surface area contributed by atoms with E-state index in [-0.39, 0.29) is 5.82 Å². The second-order valence-electron chi connectivity index (χ2n) is 5.78. The lowest BCUT2D eigenvalue weighted by Crippen LogP contribution is -2.32. The molecule has 0 spiro atoms. The van der Waals surface area contributed by atoms with E-state index in [1.165, 1.54) is 11.8 Å². The highest BCUT2D eigenvalue weighted by molar-refractivity contribution is 7.98. The lowest BCUT2D eigenvalue weighted by Gasteiger charge is -2.10. The molecule has 2 aromatic carbocycles. The Morgan fingerprint density at radius 2 is 1.76 bits per heavy atom. The minimum absolute atomic E-state index is 0.108. The average molecular weight is 353 g/mol. The zero-order chi connectivity index (χ0) is 17.8. The number of nitrogens with two attached hydrogens (primary N) is 1. The number of aromatic nitrogens is 3. The molecule has 0 saturated carbocycles. The first-order valence-electron chi connectivity index (χ1n) is 7.80.